The molecule has 19 heavy (non-hydrogen) atoms. The summed E-state index contributed by atoms with van der Waals surface area (Å²) in [6, 6.07) is -2.01. The Bertz CT molecular complexity index is 488. The van der Waals surface area contributed by atoms with Crippen LogP contribution in [0.25, 0.3) is 0 Å². The van der Waals surface area contributed by atoms with Gasteiger partial charge in [-0.25, -0.2) is 14.6 Å². The number of carbonyl (C=O) groups is 3. The van der Waals surface area contributed by atoms with Gasteiger partial charge in [0.1, 0.15) is 6.04 Å². The Morgan fingerprint density at radius 3 is 2.68 bits per heavy atom. The van der Waals surface area contributed by atoms with E-state index < -0.39 is 30.4 Å². The standard InChI is InChI=1S/C10H14N4O4S/c1-5-12-3-6(19-5)4-13-10(18)14-7(9(16)17)2-8(11)15/h3,7H,2,4H2,1H3,(H2,11,15)(H,16,17)(H2,13,14,18)/t7-/m0/s1. The van der Waals surface area contributed by atoms with Crippen molar-refractivity contribution in [3.05, 3.63) is 16.1 Å². The van der Waals surface area contributed by atoms with Gasteiger partial charge in [-0.2, -0.15) is 0 Å². The summed E-state index contributed by atoms with van der Waals surface area (Å²) in [6.45, 7) is 2.07. The molecule has 0 saturated carbocycles. The summed E-state index contributed by atoms with van der Waals surface area (Å²) < 4.78 is 0. The van der Waals surface area contributed by atoms with E-state index in [0.717, 1.165) is 9.88 Å². The van der Waals surface area contributed by atoms with Crippen LogP contribution in [0.1, 0.15) is 16.3 Å². The van der Waals surface area contributed by atoms with Crippen LogP contribution in [0, 0.1) is 6.92 Å². The minimum absolute atomic E-state index is 0.236. The topological polar surface area (TPSA) is 134 Å². The van der Waals surface area contributed by atoms with Crippen LogP contribution in [-0.2, 0) is 16.1 Å². The minimum Gasteiger partial charge on any atom is -0.480 e. The Balaban J connectivity index is 2.44. The first-order valence-electron chi connectivity index (χ1n) is 5.35. The molecule has 0 aromatic carbocycles. The molecule has 0 aliphatic carbocycles. The average Bonchev–Trinajstić information content (AvgIpc) is 2.71. The first-order chi connectivity index (χ1) is 8.88. The molecule has 1 rings (SSSR count). The molecule has 0 aliphatic rings. The minimum atomic E-state index is -1.33. The third-order valence-electron chi connectivity index (χ3n) is 2.10. The van der Waals surface area contributed by atoms with Crippen molar-refractivity contribution in [2.45, 2.75) is 25.9 Å². The van der Waals surface area contributed by atoms with Crippen LogP contribution in [0.5, 0.6) is 0 Å². The highest BCUT2D eigenvalue weighted by Gasteiger charge is 2.21. The molecule has 0 unspecified atom stereocenters. The van der Waals surface area contributed by atoms with Gasteiger partial charge in [0.15, 0.2) is 0 Å². The molecule has 0 spiro atoms. The van der Waals surface area contributed by atoms with Gasteiger partial charge in [-0.15, -0.1) is 11.3 Å². The molecule has 8 nitrogen and oxygen atoms in total. The number of hydrogen-bond donors (Lipinski definition) is 4. The lowest BCUT2D eigenvalue weighted by molar-refractivity contribution is -0.140. The quantitative estimate of drug-likeness (QED) is 0.563. The molecule has 1 aromatic rings. The van der Waals surface area contributed by atoms with E-state index in [4.69, 9.17) is 10.8 Å². The van der Waals surface area contributed by atoms with Crippen LogP contribution in [0.4, 0.5) is 4.79 Å². The predicted molar refractivity (Wildman–Crippen MR) is 67.5 cm³/mol. The molecule has 3 amide bonds. The number of aliphatic carboxylic acids is 1. The number of nitrogens with zero attached hydrogens (tertiary/aromatic N) is 1. The lowest BCUT2D eigenvalue weighted by Gasteiger charge is -2.13. The number of carboxylic acid groups (broad SMARTS) is 1. The number of hydrogen-bond acceptors (Lipinski definition) is 5. The zero-order chi connectivity index (χ0) is 14.4. The van der Waals surface area contributed by atoms with Crippen molar-refractivity contribution < 1.29 is 19.5 Å². The van der Waals surface area contributed by atoms with Crippen LogP contribution >= 0.6 is 11.3 Å². The largest absolute Gasteiger partial charge is 0.480 e. The number of urea groups is 1. The third kappa shape index (κ3) is 5.34. The van der Waals surface area contributed by atoms with Gasteiger partial charge in [-0.3, -0.25) is 4.79 Å². The van der Waals surface area contributed by atoms with Crippen molar-refractivity contribution in [3.63, 3.8) is 0 Å². The van der Waals surface area contributed by atoms with Crippen molar-refractivity contribution in [2.75, 3.05) is 0 Å². The highest BCUT2D eigenvalue weighted by atomic mass is 32.1. The van der Waals surface area contributed by atoms with E-state index >= 15 is 0 Å². The van der Waals surface area contributed by atoms with Gasteiger partial charge in [-0.05, 0) is 6.92 Å². The number of aryl methyl sites for hydroxylation is 1. The fourth-order valence-electron chi connectivity index (χ4n) is 1.26. The fraction of sp³-hybridized carbons (Fsp3) is 0.400. The van der Waals surface area contributed by atoms with Gasteiger partial charge in [0.05, 0.1) is 18.0 Å². The molecular weight excluding hydrogens is 272 g/mol. The second-order valence-electron chi connectivity index (χ2n) is 3.73. The van der Waals surface area contributed by atoms with Crippen LogP contribution in [0.3, 0.4) is 0 Å². The first-order valence-corrected chi connectivity index (χ1v) is 6.17. The maximum absolute atomic E-state index is 11.5. The van der Waals surface area contributed by atoms with Gasteiger partial charge in [-0.1, -0.05) is 0 Å². The summed E-state index contributed by atoms with van der Waals surface area (Å²) >= 11 is 1.42. The number of rotatable bonds is 6. The van der Waals surface area contributed by atoms with E-state index in [0.29, 0.717) is 0 Å². The lowest BCUT2D eigenvalue weighted by Crippen LogP contribution is -2.47. The van der Waals surface area contributed by atoms with E-state index in [1.54, 1.807) is 6.20 Å². The Morgan fingerprint density at radius 2 is 2.21 bits per heavy atom. The Kier molecular flexibility index (Phi) is 5.24. The molecule has 1 heterocycles. The predicted octanol–water partition coefficient (Wildman–Crippen LogP) is -0.421. The summed E-state index contributed by atoms with van der Waals surface area (Å²) in [7, 11) is 0. The molecule has 1 atom stereocenters. The molecule has 0 radical (unpaired) electrons. The van der Waals surface area contributed by atoms with E-state index in [1.165, 1.54) is 11.3 Å². The van der Waals surface area contributed by atoms with Gasteiger partial charge >= 0.3 is 12.0 Å². The number of amides is 3. The van der Waals surface area contributed by atoms with Gasteiger partial charge in [0.25, 0.3) is 0 Å². The van der Waals surface area contributed by atoms with Gasteiger partial charge in [0.2, 0.25) is 5.91 Å². The van der Waals surface area contributed by atoms with E-state index in [9.17, 15) is 14.4 Å². The zero-order valence-corrected chi connectivity index (χ0v) is 11.0. The number of nitrogens with two attached hydrogens (primary N) is 1. The molecule has 9 heteroatoms. The molecule has 0 aliphatic heterocycles. The Labute approximate surface area is 113 Å². The second kappa shape index (κ2) is 6.69. The fourth-order valence-corrected chi connectivity index (χ4v) is 2.00. The van der Waals surface area contributed by atoms with E-state index in [-0.39, 0.29) is 6.54 Å². The van der Waals surface area contributed by atoms with E-state index in [2.05, 4.69) is 15.6 Å². The van der Waals surface area contributed by atoms with Crippen LogP contribution in [0.2, 0.25) is 0 Å². The number of carboxylic acids is 1. The highest BCUT2D eigenvalue weighted by molar-refractivity contribution is 7.11. The molecular formula is C10H14N4O4S. The van der Waals surface area contributed by atoms with Crippen molar-refractivity contribution in [2.24, 2.45) is 5.73 Å². The maximum Gasteiger partial charge on any atom is 0.326 e. The molecule has 0 fully saturated rings. The molecule has 104 valence electrons. The number of primary amides is 1. The number of thiazole rings is 1. The third-order valence-corrected chi connectivity index (χ3v) is 3.01. The number of carbonyl (C=O) groups excluding carboxylic acids is 2. The smallest absolute Gasteiger partial charge is 0.326 e. The summed E-state index contributed by atoms with van der Waals surface area (Å²) in [5.41, 5.74) is 4.89. The van der Waals surface area contributed by atoms with Gasteiger partial charge in [0, 0.05) is 11.1 Å². The lowest BCUT2D eigenvalue weighted by atomic mass is 10.2. The average molecular weight is 286 g/mol. The maximum atomic E-state index is 11.5. The summed E-state index contributed by atoms with van der Waals surface area (Å²) in [5, 5.41) is 14.3. The van der Waals surface area contributed by atoms with E-state index in [1.807, 2.05) is 6.92 Å². The van der Waals surface area contributed by atoms with Crippen LogP contribution in [0.15, 0.2) is 6.20 Å². The van der Waals surface area contributed by atoms with Crippen molar-refractivity contribution in [3.8, 4) is 0 Å². The first kappa shape index (κ1) is 14.9. The summed E-state index contributed by atoms with van der Waals surface area (Å²) in [5.74, 6) is -2.12. The van der Waals surface area contributed by atoms with Crippen LogP contribution in [-0.4, -0.2) is 34.0 Å². The molecule has 0 saturated heterocycles. The Hall–Kier alpha value is -2.16. The monoisotopic (exact) mass is 286 g/mol. The van der Waals surface area contributed by atoms with Crippen LogP contribution < -0.4 is 16.4 Å². The SMILES string of the molecule is Cc1ncc(CNC(=O)N[C@@H](CC(N)=O)C(=O)O)s1. The van der Waals surface area contributed by atoms with Crippen molar-refractivity contribution in [1.82, 2.24) is 15.6 Å². The summed E-state index contributed by atoms with van der Waals surface area (Å²) in [4.78, 5) is 37.8. The van der Waals surface area contributed by atoms with Gasteiger partial charge < -0.3 is 21.5 Å². The normalized spacial score (nSPS) is 11.6. The Morgan fingerprint density at radius 1 is 1.53 bits per heavy atom. The van der Waals surface area contributed by atoms with Crippen molar-refractivity contribution >= 4 is 29.2 Å². The molecule has 1 aromatic heterocycles. The summed E-state index contributed by atoms with van der Waals surface area (Å²) in [6.07, 6.45) is 1.17. The molecule has 0 bridgehead atoms. The number of nitrogens with one attached hydrogen (secondary N) is 2. The second-order valence-corrected chi connectivity index (χ2v) is 5.05. The van der Waals surface area contributed by atoms with Crippen molar-refractivity contribution in [1.29, 1.82) is 0 Å². The highest BCUT2D eigenvalue weighted by Crippen LogP contribution is 2.10. The number of aromatic nitrogens is 1. The molecule has 5 N–H and O–H groups in total. The zero-order valence-electron chi connectivity index (χ0n) is 10.2.